The Balaban J connectivity index is 2.23. The topological polar surface area (TPSA) is 77.7 Å². The van der Waals surface area contributed by atoms with E-state index in [-0.39, 0.29) is 16.2 Å². The Morgan fingerprint density at radius 3 is 2.62 bits per heavy atom. The standard InChI is InChI=1S/C17H16N2O4S3/c1-23-16(20)11-19-14-9-8-12(24-2)10-15(14)25-17(19)18-26(21,22)13-6-4-3-5-7-13/h3-10H,11H2,1-2H3. The molecular weight excluding hydrogens is 392 g/mol. The Morgan fingerprint density at radius 1 is 1.23 bits per heavy atom. The molecule has 0 fully saturated rings. The molecule has 0 atom stereocenters. The maximum Gasteiger partial charge on any atom is 0.325 e. The molecule has 9 heteroatoms. The maximum absolute atomic E-state index is 12.6. The van der Waals surface area contributed by atoms with Crippen LogP contribution in [0.5, 0.6) is 0 Å². The molecule has 0 N–H and O–H groups in total. The normalized spacial score (nSPS) is 12.5. The number of nitrogens with zero attached hydrogens (tertiary/aromatic N) is 2. The fourth-order valence-electron chi connectivity index (χ4n) is 2.34. The third kappa shape index (κ3) is 3.84. The number of esters is 1. The molecule has 3 aromatic rings. The molecule has 2 aromatic carbocycles. The van der Waals surface area contributed by atoms with E-state index >= 15 is 0 Å². The zero-order valence-electron chi connectivity index (χ0n) is 14.1. The van der Waals surface area contributed by atoms with Crippen LogP contribution in [-0.4, -0.2) is 32.3 Å². The Kier molecular flexibility index (Phi) is 5.49. The van der Waals surface area contributed by atoms with Crippen molar-refractivity contribution in [1.82, 2.24) is 4.57 Å². The Labute approximate surface area is 159 Å². The van der Waals surface area contributed by atoms with Crippen molar-refractivity contribution in [2.75, 3.05) is 13.4 Å². The van der Waals surface area contributed by atoms with Crippen molar-refractivity contribution < 1.29 is 17.9 Å². The number of hydrogen-bond acceptors (Lipinski definition) is 6. The zero-order chi connectivity index (χ0) is 18.7. The second-order valence-corrected chi connectivity index (χ2v) is 8.75. The fraction of sp³-hybridized carbons (Fsp3) is 0.176. The highest BCUT2D eigenvalue weighted by atomic mass is 32.2. The van der Waals surface area contributed by atoms with Gasteiger partial charge in [-0.1, -0.05) is 29.5 Å². The van der Waals surface area contributed by atoms with Crippen molar-refractivity contribution in [2.24, 2.45) is 4.40 Å². The Bertz CT molecular complexity index is 1120. The summed E-state index contributed by atoms with van der Waals surface area (Å²) in [6, 6.07) is 13.7. The molecule has 0 amide bonds. The van der Waals surface area contributed by atoms with E-state index in [4.69, 9.17) is 4.74 Å². The maximum atomic E-state index is 12.6. The Morgan fingerprint density at radius 2 is 1.96 bits per heavy atom. The molecule has 136 valence electrons. The van der Waals surface area contributed by atoms with Crippen LogP contribution in [0.2, 0.25) is 0 Å². The second-order valence-electron chi connectivity index (χ2n) is 5.26. The minimum Gasteiger partial charge on any atom is -0.468 e. The molecule has 0 aliphatic rings. The monoisotopic (exact) mass is 408 g/mol. The number of aromatic nitrogens is 1. The molecule has 0 saturated heterocycles. The number of sulfonamides is 1. The molecule has 1 aromatic heterocycles. The van der Waals surface area contributed by atoms with E-state index in [9.17, 15) is 13.2 Å². The molecule has 26 heavy (non-hydrogen) atoms. The van der Waals surface area contributed by atoms with Gasteiger partial charge in [-0.25, -0.2) is 0 Å². The first-order chi connectivity index (χ1) is 12.4. The van der Waals surface area contributed by atoms with Crippen LogP contribution in [0.4, 0.5) is 0 Å². The average molecular weight is 409 g/mol. The summed E-state index contributed by atoms with van der Waals surface area (Å²) >= 11 is 2.81. The van der Waals surface area contributed by atoms with E-state index in [1.54, 1.807) is 34.5 Å². The molecule has 1 heterocycles. The van der Waals surface area contributed by atoms with Gasteiger partial charge in [-0.15, -0.1) is 16.2 Å². The van der Waals surface area contributed by atoms with Gasteiger partial charge in [0.1, 0.15) is 6.54 Å². The smallest absolute Gasteiger partial charge is 0.325 e. The third-order valence-corrected chi connectivity index (χ3v) is 6.81. The van der Waals surface area contributed by atoms with Crippen LogP contribution in [0.3, 0.4) is 0 Å². The molecule has 0 aliphatic heterocycles. The summed E-state index contributed by atoms with van der Waals surface area (Å²) in [5, 5.41) is 0. The highest BCUT2D eigenvalue weighted by molar-refractivity contribution is 7.98. The lowest BCUT2D eigenvalue weighted by Gasteiger charge is -2.04. The molecule has 3 rings (SSSR count). The van der Waals surface area contributed by atoms with Gasteiger partial charge in [-0.3, -0.25) is 4.79 Å². The minimum absolute atomic E-state index is 0.104. The number of methoxy groups -OCH3 is 1. The van der Waals surface area contributed by atoms with Crippen molar-refractivity contribution in [3.05, 3.63) is 53.3 Å². The number of carbonyl (C=O) groups is 1. The SMILES string of the molecule is COC(=O)Cn1c(=NS(=O)(=O)c2ccccc2)sc2cc(SC)ccc21. The summed E-state index contributed by atoms with van der Waals surface area (Å²) in [4.78, 5) is 13.2. The molecule has 0 aliphatic carbocycles. The van der Waals surface area contributed by atoms with Crippen molar-refractivity contribution in [3.63, 3.8) is 0 Å². The number of hydrogen-bond donors (Lipinski definition) is 0. The summed E-state index contributed by atoms with van der Waals surface area (Å²) in [5.41, 5.74) is 0.736. The van der Waals surface area contributed by atoms with Gasteiger partial charge < -0.3 is 9.30 Å². The number of rotatable bonds is 5. The predicted molar refractivity (Wildman–Crippen MR) is 103 cm³/mol. The van der Waals surface area contributed by atoms with E-state index in [1.165, 1.54) is 30.6 Å². The van der Waals surface area contributed by atoms with Crippen LogP contribution >= 0.6 is 23.1 Å². The Hall–Kier alpha value is -2.10. The van der Waals surface area contributed by atoms with E-state index in [2.05, 4.69) is 4.40 Å². The van der Waals surface area contributed by atoms with E-state index in [1.807, 2.05) is 24.5 Å². The molecule has 0 unspecified atom stereocenters. The number of benzene rings is 2. The number of fused-ring (bicyclic) bond motifs is 1. The van der Waals surface area contributed by atoms with Crippen molar-refractivity contribution in [3.8, 4) is 0 Å². The van der Waals surface area contributed by atoms with Crippen LogP contribution < -0.4 is 4.80 Å². The fourth-order valence-corrected chi connectivity index (χ4v) is 5.15. The zero-order valence-corrected chi connectivity index (χ0v) is 16.5. The first-order valence-electron chi connectivity index (χ1n) is 7.55. The van der Waals surface area contributed by atoms with Crippen molar-refractivity contribution in [1.29, 1.82) is 0 Å². The number of thioether (sulfide) groups is 1. The third-order valence-electron chi connectivity index (χ3n) is 3.64. The summed E-state index contributed by atoms with van der Waals surface area (Å²) < 4.78 is 36.4. The van der Waals surface area contributed by atoms with Gasteiger partial charge in [0, 0.05) is 4.90 Å². The number of ether oxygens (including phenoxy) is 1. The van der Waals surface area contributed by atoms with E-state index < -0.39 is 16.0 Å². The van der Waals surface area contributed by atoms with Gasteiger partial charge in [0.05, 0.1) is 22.2 Å². The predicted octanol–water partition coefficient (Wildman–Crippen LogP) is 2.89. The van der Waals surface area contributed by atoms with Gasteiger partial charge in [-0.2, -0.15) is 8.42 Å². The van der Waals surface area contributed by atoms with Crippen LogP contribution in [0, 0.1) is 0 Å². The van der Waals surface area contributed by atoms with Crippen LogP contribution in [0.15, 0.2) is 62.7 Å². The number of carbonyl (C=O) groups excluding carboxylic acids is 1. The lowest BCUT2D eigenvalue weighted by molar-refractivity contribution is -0.141. The second kappa shape index (κ2) is 7.65. The van der Waals surface area contributed by atoms with E-state index in [0.29, 0.717) is 0 Å². The summed E-state index contributed by atoms with van der Waals surface area (Å²) in [6.45, 7) is -0.113. The largest absolute Gasteiger partial charge is 0.468 e. The quantitative estimate of drug-likeness (QED) is 0.479. The highest BCUT2D eigenvalue weighted by Crippen LogP contribution is 2.24. The van der Waals surface area contributed by atoms with Gasteiger partial charge >= 0.3 is 5.97 Å². The summed E-state index contributed by atoms with van der Waals surface area (Å²) in [7, 11) is -2.59. The van der Waals surface area contributed by atoms with Crippen molar-refractivity contribution in [2.45, 2.75) is 16.3 Å². The first-order valence-corrected chi connectivity index (χ1v) is 11.0. The van der Waals surface area contributed by atoms with Crippen molar-refractivity contribution >= 4 is 49.3 Å². The molecule has 0 spiro atoms. The van der Waals surface area contributed by atoms with Crippen LogP contribution in [0.1, 0.15) is 0 Å². The van der Waals surface area contributed by atoms with Gasteiger partial charge in [0.15, 0.2) is 0 Å². The van der Waals surface area contributed by atoms with Crippen LogP contribution in [0.25, 0.3) is 10.2 Å². The number of thiazole rings is 1. The molecule has 0 radical (unpaired) electrons. The summed E-state index contributed by atoms with van der Waals surface area (Å²) in [5.74, 6) is -0.475. The first kappa shape index (κ1) is 18.7. The van der Waals surface area contributed by atoms with Gasteiger partial charge in [0.25, 0.3) is 10.0 Å². The summed E-state index contributed by atoms with van der Waals surface area (Å²) in [6.07, 6.45) is 1.96. The highest BCUT2D eigenvalue weighted by Gasteiger charge is 2.16. The molecule has 0 saturated carbocycles. The molecular formula is C17H16N2O4S3. The lowest BCUT2D eigenvalue weighted by atomic mass is 10.3. The van der Waals surface area contributed by atoms with Gasteiger partial charge in [0.2, 0.25) is 4.80 Å². The molecule has 6 nitrogen and oxygen atoms in total. The average Bonchev–Trinajstić information content (AvgIpc) is 2.97. The van der Waals surface area contributed by atoms with Gasteiger partial charge in [-0.05, 0) is 36.6 Å². The molecule has 0 bridgehead atoms. The lowest BCUT2D eigenvalue weighted by Crippen LogP contribution is -2.22. The van der Waals surface area contributed by atoms with Crippen LogP contribution in [-0.2, 0) is 26.1 Å². The minimum atomic E-state index is -3.88. The van der Waals surface area contributed by atoms with E-state index in [0.717, 1.165) is 15.1 Å².